The number of methoxy groups -OCH3 is 1. The summed E-state index contributed by atoms with van der Waals surface area (Å²) in [6.45, 7) is 1.96. The van der Waals surface area contributed by atoms with Crippen LogP contribution in [-0.4, -0.2) is 24.7 Å². The second-order valence-corrected chi connectivity index (χ2v) is 4.60. The molecule has 1 aromatic rings. The van der Waals surface area contributed by atoms with Gasteiger partial charge in [-0.3, -0.25) is 4.79 Å². The topological polar surface area (TPSA) is 35.5 Å². The maximum atomic E-state index is 11.7. The normalized spacial score (nSPS) is 19.6. The smallest absolute Gasteiger partial charge is 0.183 e. The van der Waals surface area contributed by atoms with Gasteiger partial charge in [-0.15, -0.1) is 11.8 Å². The van der Waals surface area contributed by atoms with Gasteiger partial charge in [-0.05, 0) is 24.6 Å². The Morgan fingerprint density at radius 1 is 1.56 bits per heavy atom. The van der Waals surface area contributed by atoms with Gasteiger partial charge in [-0.1, -0.05) is 6.92 Å². The Labute approximate surface area is 99.1 Å². The summed E-state index contributed by atoms with van der Waals surface area (Å²) in [7, 11) is 1.63. The molecule has 0 amide bonds. The van der Waals surface area contributed by atoms with E-state index in [1.165, 1.54) is 11.8 Å². The van der Waals surface area contributed by atoms with Crippen LogP contribution in [0.1, 0.15) is 13.3 Å². The Balaban J connectivity index is 2.31. The standard InChI is InChI=1S/C12H14O3S/c1-3-10-9(13)7-16-12-6-8(14-2)4-5-11(12)15-10/h4-6,10H,3,7H2,1-2H3. The highest BCUT2D eigenvalue weighted by Gasteiger charge is 2.24. The number of benzene rings is 1. The van der Waals surface area contributed by atoms with Gasteiger partial charge >= 0.3 is 0 Å². The number of carbonyl (C=O) groups excluding carboxylic acids is 1. The lowest BCUT2D eigenvalue weighted by molar-refractivity contribution is -0.123. The molecular formula is C12H14O3S. The predicted octanol–water partition coefficient (Wildman–Crippen LogP) is 2.53. The quantitative estimate of drug-likeness (QED) is 0.793. The minimum absolute atomic E-state index is 0.155. The summed E-state index contributed by atoms with van der Waals surface area (Å²) in [5.41, 5.74) is 0. The van der Waals surface area contributed by atoms with Crippen LogP contribution in [0.4, 0.5) is 0 Å². The van der Waals surface area contributed by atoms with Gasteiger partial charge in [0.05, 0.1) is 17.8 Å². The van der Waals surface area contributed by atoms with Gasteiger partial charge < -0.3 is 9.47 Å². The van der Waals surface area contributed by atoms with Gasteiger partial charge in [0.1, 0.15) is 11.5 Å². The van der Waals surface area contributed by atoms with E-state index in [0.717, 1.165) is 16.4 Å². The first kappa shape index (κ1) is 11.3. The molecule has 1 heterocycles. The van der Waals surface area contributed by atoms with Gasteiger partial charge in [-0.25, -0.2) is 0 Å². The Bertz CT molecular complexity index is 403. The summed E-state index contributed by atoms with van der Waals surface area (Å²) in [5, 5.41) is 0. The van der Waals surface area contributed by atoms with Gasteiger partial charge in [0.2, 0.25) is 0 Å². The minimum atomic E-state index is -0.304. The molecule has 0 fully saturated rings. The van der Waals surface area contributed by atoms with Crippen molar-refractivity contribution in [1.29, 1.82) is 0 Å². The maximum absolute atomic E-state index is 11.7. The fourth-order valence-corrected chi connectivity index (χ4v) is 2.54. The molecule has 0 N–H and O–H groups in total. The molecule has 0 radical (unpaired) electrons. The fraction of sp³-hybridized carbons (Fsp3) is 0.417. The van der Waals surface area contributed by atoms with Crippen LogP contribution in [0, 0.1) is 0 Å². The second kappa shape index (κ2) is 4.78. The lowest BCUT2D eigenvalue weighted by Crippen LogP contribution is -2.26. The van der Waals surface area contributed by atoms with Gasteiger partial charge in [0.15, 0.2) is 11.9 Å². The van der Waals surface area contributed by atoms with E-state index < -0.39 is 0 Å². The molecule has 0 aromatic heterocycles. The van der Waals surface area contributed by atoms with E-state index in [0.29, 0.717) is 12.2 Å². The van der Waals surface area contributed by atoms with Crippen molar-refractivity contribution in [3.8, 4) is 11.5 Å². The van der Waals surface area contributed by atoms with Gasteiger partial charge in [0.25, 0.3) is 0 Å². The van der Waals surface area contributed by atoms with Crippen LogP contribution in [0.2, 0.25) is 0 Å². The van der Waals surface area contributed by atoms with E-state index in [2.05, 4.69) is 0 Å². The monoisotopic (exact) mass is 238 g/mol. The lowest BCUT2D eigenvalue weighted by atomic mass is 10.2. The van der Waals surface area contributed by atoms with E-state index >= 15 is 0 Å². The summed E-state index contributed by atoms with van der Waals surface area (Å²) >= 11 is 1.51. The molecule has 0 saturated carbocycles. The van der Waals surface area contributed by atoms with Crippen LogP contribution in [-0.2, 0) is 4.79 Å². The van der Waals surface area contributed by atoms with E-state index in [4.69, 9.17) is 9.47 Å². The van der Waals surface area contributed by atoms with Crippen molar-refractivity contribution in [2.45, 2.75) is 24.3 Å². The SMILES string of the molecule is CCC1Oc2ccc(OC)cc2SCC1=O. The maximum Gasteiger partial charge on any atom is 0.183 e. The average Bonchev–Trinajstić information content (AvgIpc) is 2.48. The van der Waals surface area contributed by atoms with Crippen molar-refractivity contribution in [3.05, 3.63) is 18.2 Å². The Morgan fingerprint density at radius 2 is 2.38 bits per heavy atom. The molecule has 0 spiro atoms. The average molecular weight is 238 g/mol. The zero-order valence-electron chi connectivity index (χ0n) is 9.36. The third-order valence-corrected chi connectivity index (χ3v) is 3.58. The number of carbonyl (C=O) groups is 1. The van der Waals surface area contributed by atoms with Crippen LogP contribution in [0.3, 0.4) is 0 Å². The molecule has 2 rings (SSSR count). The molecule has 86 valence electrons. The fourth-order valence-electron chi connectivity index (χ4n) is 1.60. The molecule has 0 saturated heterocycles. The number of Topliss-reactive ketones (excluding diaryl/α,β-unsaturated/α-hetero) is 1. The van der Waals surface area contributed by atoms with Crippen molar-refractivity contribution in [2.75, 3.05) is 12.9 Å². The summed E-state index contributed by atoms with van der Waals surface area (Å²) in [4.78, 5) is 12.7. The summed E-state index contributed by atoms with van der Waals surface area (Å²) in [6, 6.07) is 5.62. The molecule has 1 atom stereocenters. The Hall–Kier alpha value is -1.16. The van der Waals surface area contributed by atoms with E-state index in [1.54, 1.807) is 7.11 Å². The second-order valence-electron chi connectivity index (χ2n) is 3.58. The molecule has 1 unspecified atom stereocenters. The van der Waals surface area contributed by atoms with E-state index in [-0.39, 0.29) is 11.9 Å². The summed E-state index contributed by atoms with van der Waals surface area (Å²) < 4.78 is 10.8. The molecule has 0 aliphatic carbocycles. The van der Waals surface area contributed by atoms with Crippen LogP contribution in [0.15, 0.2) is 23.1 Å². The van der Waals surface area contributed by atoms with Crippen LogP contribution in [0.5, 0.6) is 11.5 Å². The first-order chi connectivity index (χ1) is 7.74. The van der Waals surface area contributed by atoms with Crippen molar-refractivity contribution in [1.82, 2.24) is 0 Å². The molecule has 3 nitrogen and oxygen atoms in total. The number of hydrogen-bond donors (Lipinski definition) is 0. The molecule has 0 bridgehead atoms. The number of hydrogen-bond acceptors (Lipinski definition) is 4. The third-order valence-electron chi connectivity index (χ3n) is 2.52. The predicted molar refractivity (Wildman–Crippen MR) is 63.4 cm³/mol. The Morgan fingerprint density at radius 3 is 3.06 bits per heavy atom. The summed E-state index contributed by atoms with van der Waals surface area (Å²) in [6.07, 6.45) is 0.410. The third kappa shape index (κ3) is 2.16. The van der Waals surface area contributed by atoms with Gasteiger partial charge in [-0.2, -0.15) is 0 Å². The first-order valence-electron chi connectivity index (χ1n) is 5.24. The highest BCUT2D eigenvalue weighted by Crippen LogP contribution is 2.36. The number of fused-ring (bicyclic) bond motifs is 1. The minimum Gasteiger partial charge on any atom is -0.497 e. The Kier molecular flexibility index (Phi) is 3.39. The van der Waals surface area contributed by atoms with Crippen LogP contribution >= 0.6 is 11.8 Å². The van der Waals surface area contributed by atoms with Crippen molar-refractivity contribution in [2.24, 2.45) is 0 Å². The zero-order chi connectivity index (χ0) is 11.5. The summed E-state index contributed by atoms with van der Waals surface area (Å²) in [5.74, 6) is 2.20. The number of thioether (sulfide) groups is 1. The van der Waals surface area contributed by atoms with Crippen molar-refractivity contribution >= 4 is 17.5 Å². The van der Waals surface area contributed by atoms with E-state index in [1.807, 2.05) is 25.1 Å². The molecule has 16 heavy (non-hydrogen) atoms. The zero-order valence-corrected chi connectivity index (χ0v) is 10.2. The van der Waals surface area contributed by atoms with Crippen LogP contribution < -0.4 is 9.47 Å². The number of ketones is 1. The molecule has 1 aromatic carbocycles. The highest BCUT2D eigenvalue weighted by molar-refractivity contribution is 8.00. The van der Waals surface area contributed by atoms with Crippen molar-refractivity contribution in [3.63, 3.8) is 0 Å². The number of ether oxygens (including phenoxy) is 2. The molecular weight excluding hydrogens is 224 g/mol. The van der Waals surface area contributed by atoms with Crippen LogP contribution in [0.25, 0.3) is 0 Å². The highest BCUT2D eigenvalue weighted by atomic mass is 32.2. The van der Waals surface area contributed by atoms with Gasteiger partial charge in [0, 0.05) is 0 Å². The van der Waals surface area contributed by atoms with E-state index in [9.17, 15) is 4.79 Å². The number of rotatable bonds is 2. The van der Waals surface area contributed by atoms with Crippen molar-refractivity contribution < 1.29 is 14.3 Å². The molecule has 1 aliphatic rings. The lowest BCUT2D eigenvalue weighted by Gasteiger charge is -2.14. The molecule has 4 heteroatoms. The molecule has 1 aliphatic heterocycles. The largest absolute Gasteiger partial charge is 0.497 e. The first-order valence-corrected chi connectivity index (χ1v) is 6.23.